The van der Waals surface area contributed by atoms with Gasteiger partial charge in [-0.05, 0) is 12.1 Å². The number of benzene rings is 1. The van der Waals surface area contributed by atoms with E-state index in [-0.39, 0.29) is 5.69 Å². The normalized spacial score (nSPS) is 10.1. The van der Waals surface area contributed by atoms with Gasteiger partial charge in [-0.2, -0.15) is 0 Å². The summed E-state index contributed by atoms with van der Waals surface area (Å²) < 4.78 is 10.6. The molecular formula is C15H17N3O4. The highest BCUT2D eigenvalue weighted by Crippen LogP contribution is 2.33. The summed E-state index contributed by atoms with van der Waals surface area (Å²) in [7, 11) is 4.87. The molecule has 0 radical (unpaired) electrons. The third-order valence-electron chi connectivity index (χ3n) is 3.22. The third-order valence-corrected chi connectivity index (χ3v) is 3.22. The van der Waals surface area contributed by atoms with Crippen LogP contribution in [-0.2, 0) is 6.54 Å². The fourth-order valence-corrected chi connectivity index (χ4v) is 2.23. The van der Waals surface area contributed by atoms with Crippen LogP contribution in [0.5, 0.6) is 11.5 Å². The minimum absolute atomic E-state index is 0.0353. The highest BCUT2D eigenvalue weighted by molar-refractivity contribution is 5.58. The summed E-state index contributed by atoms with van der Waals surface area (Å²) in [5, 5.41) is 11.1. The molecule has 0 saturated heterocycles. The van der Waals surface area contributed by atoms with E-state index in [0.717, 1.165) is 5.56 Å². The Morgan fingerprint density at radius 3 is 2.64 bits per heavy atom. The lowest BCUT2D eigenvalue weighted by Gasteiger charge is -2.20. The molecule has 0 fully saturated rings. The first kappa shape index (κ1) is 15.6. The van der Waals surface area contributed by atoms with Gasteiger partial charge in [-0.1, -0.05) is 12.1 Å². The van der Waals surface area contributed by atoms with Gasteiger partial charge >= 0.3 is 5.69 Å². The van der Waals surface area contributed by atoms with Crippen LogP contribution in [0.2, 0.25) is 0 Å². The molecule has 0 aliphatic rings. The minimum atomic E-state index is -0.443. The molecule has 1 aromatic carbocycles. The summed E-state index contributed by atoms with van der Waals surface area (Å²) >= 11 is 0. The number of hydrogen-bond acceptors (Lipinski definition) is 6. The van der Waals surface area contributed by atoms with Crippen LogP contribution < -0.4 is 14.4 Å². The lowest BCUT2D eigenvalue weighted by atomic mass is 10.1. The van der Waals surface area contributed by atoms with E-state index in [4.69, 9.17) is 9.47 Å². The Labute approximate surface area is 128 Å². The first-order valence-electron chi connectivity index (χ1n) is 6.59. The van der Waals surface area contributed by atoms with E-state index in [9.17, 15) is 10.1 Å². The molecule has 0 spiro atoms. The first-order valence-corrected chi connectivity index (χ1v) is 6.59. The van der Waals surface area contributed by atoms with E-state index >= 15 is 0 Å². The summed E-state index contributed by atoms with van der Waals surface area (Å²) in [6, 6.07) is 8.50. The molecule has 1 aromatic heterocycles. The summed E-state index contributed by atoms with van der Waals surface area (Å²) in [6.45, 7) is 0.401. The highest BCUT2D eigenvalue weighted by Gasteiger charge is 2.19. The average Bonchev–Trinajstić information content (AvgIpc) is 2.54. The highest BCUT2D eigenvalue weighted by atomic mass is 16.6. The molecule has 0 amide bonds. The Balaban J connectivity index is 2.34. The van der Waals surface area contributed by atoms with E-state index in [2.05, 4.69) is 4.98 Å². The molecule has 22 heavy (non-hydrogen) atoms. The molecule has 0 aliphatic carbocycles. The molecule has 0 bridgehead atoms. The van der Waals surface area contributed by atoms with Gasteiger partial charge in [0.2, 0.25) is 5.82 Å². The summed E-state index contributed by atoms with van der Waals surface area (Å²) in [5.41, 5.74) is 0.816. The zero-order valence-corrected chi connectivity index (χ0v) is 12.6. The maximum atomic E-state index is 11.1. The smallest absolute Gasteiger partial charge is 0.311 e. The van der Waals surface area contributed by atoms with Gasteiger partial charge in [0.15, 0.2) is 11.5 Å². The molecule has 0 atom stereocenters. The number of methoxy groups -OCH3 is 2. The molecule has 2 rings (SSSR count). The predicted molar refractivity (Wildman–Crippen MR) is 82.5 cm³/mol. The molecule has 0 saturated carbocycles. The molecule has 0 N–H and O–H groups in total. The Kier molecular flexibility index (Phi) is 4.77. The van der Waals surface area contributed by atoms with Crippen molar-refractivity contribution in [3.63, 3.8) is 0 Å². The van der Waals surface area contributed by atoms with Crippen LogP contribution in [0, 0.1) is 10.1 Å². The van der Waals surface area contributed by atoms with E-state index < -0.39 is 4.92 Å². The largest absolute Gasteiger partial charge is 0.493 e. The van der Waals surface area contributed by atoms with Gasteiger partial charge in [-0.3, -0.25) is 10.1 Å². The van der Waals surface area contributed by atoms with Gasteiger partial charge < -0.3 is 14.4 Å². The number of hydrogen-bond donors (Lipinski definition) is 0. The summed E-state index contributed by atoms with van der Waals surface area (Å²) in [4.78, 5) is 16.5. The zero-order chi connectivity index (χ0) is 16.1. The van der Waals surface area contributed by atoms with Crippen molar-refractivity contribution >= 4 is 11.5 Å². The number of para-hydroxylation sites is 1. The number of aromatic nitrogens is 1. The van der Waals surface area contributed by atoms with Gasteiger partial charge in [0, 0.05) is 31.4 Å². The van der Waals surface area contributed by atoms with Crippen molar-refractivity contribution in [3.8, 4) is 11.5 Å². The number of rotatable bonds is 6. The van der Waals surface area contributed by atoms with Gasteiger partial charge in [-0.25, -0.2) is 4.98 Å². The second-order valence-corrected chi connectivity index (χ2v) is 4.61. The van der Waals surface area contributed by atoms with Crippen LogP contribution in [0.25, 0.3) is 0 Å². The Morgan fingerprint density at radius 1 is 1.23 bits per heavy atom. The van der Waals surface area contributed by atoms with Gasteiger partial charge in [0.25, 0.3) is 0 Å². The lowest BCUT2D eigenvalue weighted by Crippen LogP contribution is -2.19. The maximum Gasteiger partial charge on any atom is 0.311 e. The predicted octanol–water partition coefficient (Wildman–Crippen LogP) is 2.64. The summed E-state index contributed by atoms with van der Waals surface area (Å²) in [5.74, 6) is 1.52. The van der Waals surface area contributed by atoms with Crippen molar-refractivity contribution in [2.75, 3.05) is 26.2 Å². The zero-order valence-electron chi connectivity index (χ0n) is 12.6. The van der Waals surface area contributed by atoms with Crippen LogP contribution in [-0.4, -0.2) is 31.2 Å². The lowest BCUT2D eigenvalue weighted by molar-refractivity contribution is -0.384. The van der Waals surface area contributed by atoms with Crippen LogP contribution in [0.3, 0.4) is 0 Å². The quantitative estimate of drug-likeness (QED) is 0.603. The van der Waals surface area contributed by atoms with E-state index in [0.29, 0.717) is 23.9 Å². The molecule has 0 unspecified atom stereocenters. The molecular weight excluding hydrogens is 286 g/mol. The van der Waals surface area contributed by atoms with Crippen molar-refractivity contribution in [2.24, 2.45) is 0 Å². The fraction of sp³-hybridized carbons (Fsp3) is 0.267. The van der Waals surface area contributed by atoms with Crippen molar-refractivity contribution in [1.82, 2.24) is 4.98 Å². The second kappa shape index (κ2) is 6.75. The van der Waals surface area contributed by atoms with E-state index in [1.807, 2.05) is 12.1 Å². The maximum absolute atomic E-state index is 11.1. The fourth-order valence-electron chi connectivity index (χ4n) is 2.23. The van der Waals surface area contributed by atoms with E-state index in [1.165, 1.54) is 12.3 Å². The molecule has 116 valence electrons. The van der Waals surface area contributed by atoms with Crippen LogP contribution in [0.1, 0.15) is 5.56 Å². The van der Waals surface area contributed by atoms with Crippen molar-refractivity contribution in [1.29, 1.82) is 0 Å². The van der Waals surface area contributed by atoms with Crippen LogP contribution >= 0.6 is 0 Å². The van der Waals surface area contributed by atoms with Gasteiger partial charge in [0.05, 0.1) is 19.1 Å². The van der Waals surface area contributed by atoms with Crippen LogP contribution in [0.4, 0.5) is 11.5 Å². The third kappa shape index (κ3) is 3.08. The minimum Gasteiger partial charge on any atom is -0.493 e. The van der Waals surface area contributed by atoms with Crippen molar-refractivity contribution < 1.29 is 14.4 Å². The van der Waals surface area contributed by atoms with Crippen molar-refractivity contribution in [2.45, 2.75) is 6.54 Å². The van der Waals surface area contributed by atoms with Gasteiger partial charge in [-0.15, -0.1) is 0 Å². The Bertz CT molecular complexity index is 676. The second-order valence-electron chi connectivity index (χ2n) is 4.61. The first-order chi connectivity index (χ1) is 10.6. The Morgan fingerprint density at radius 2 is 2.00 bits per heavy atom. The Hall–Kier alpha value is -2.83. The number of ether oxygens (including phenoxy) is 2. The monoisotopic (exact) mass is 303 g/mol. The molecule has 0 aliphatic heterocycles. The average molecular weight is 303 g/mol. The van der Waals surface area contributed by atoms with E-state index in [1.54, 1.807) is 38.3 Å². The number of anilines is 1. The number of nitrogens with zero attached hydrogens (tertiary/aromatic N) is 3. The SMILES string of the molecule is COc1cccc(CN(C)c2ncccc2[N+](=O)[O-])c1OC. The molecule has 7 heteroatoms. The molecule has 2 aromatic rings. The number of nitro groups is 1. The standard InChI is InChI=1S/C15H17N3O4/c1-17(15-12(18(19)20)7-5-9-16-15)10-11-6-4-8-13(21-2)14(11)22-3/h4-9H,10H2,1-3H3. The van der Waals surface area contributed by atoms with Crippen molar-refractivity contribution in [3.05, 3.63) is 52.2 Å². The number of pyridine rings is 1. The topological polar surface area (TPSA) is 77.7 Å². The van der Waals surface area contributed by atoms with Gasteiger partial charge in [0.1, 0.15) is 0 Å². The molecule has 7 nitrogen and oxygen atoms in total. The summed E-state index contributed by atoms with van der Waals surface area (Å²) in [6.07, 6.45) is 1.53. The molecule has 1 heterocycles. The van der Waals surface area contributed by atoms with Crippen LogP contribution in [0.15, 0.2) is 36.5 Å².